The molecular weight excluding hydrogens is 246 g/mol. The van der Waals surface area contributed by atoms with Gasteiger partial charge in [-0.25, -0.2) is 0 Å². The first-order chi connectivity index (χ1) is 9.47. The van der Waals surface area contributed by atoms with Crippen LogP contribution in [0.3, 0.4) is 0 Å². The van der Waals surface area contributed by atoms with Crippen LogP contribution < -0.4 is 5.32 Å². The molecule has 2 aliphatic carbocycles. The molecule has 3 unspecified atom stereocenters. The Hall–Kier alpha value is -1.02. The number of fused-ring (bicyclic) bond motifs is 2. The lowest BCUT2D eigenvalue weighted by Crippen LogP contribution is -2.40. The summed E-state index contributed by atoms with van der Waals surface area (Å²) < 4.78 is 0. The maximum absolute atomic E-state index is 8.97. The van der Waals surface area contributed by atoms with E-state index in [4.69, 9.17) is 5.11 Å². The molecule has 1 aromatic rings. The van der Waals surface area contributed by atoms with Crippen molar-refractivity contribution in [3.63, 3.8) is 0 Å². The van der Waals surface area contributed by atoms with Gasteiger partial charge in [-0.15, -0.1) is 0 Å². The highest BCUT2D eigenvalue weighted by atomic mass is 16.2. The fourth-order valence-corrected chi connectivity index (χ4v) is 4.52. The summed E-state index contributed by atoms with van der Waals surface area (Å²) in [5, 5.41) is 12.7. The smallest absolute Gasteiger partial charge is 0.0471 e. The Morgan fingerprint density at radius 3 is 2.40 bits per heavy atom. The van der Waals surface area contributed by atoms with Crippen molar-refractivity contribution < 1.29 is 5.11 Å². The van der Waals surface area contributed by atoms with Crippen molar-refractivity contribution in [1.82, 2.24) is 0 Å². The maximum atomic E-state index is 8.97. The van der Waals surface area contributed by atoms with Crippen molar-refractivity contribution in [2.45, 2.75) is 52.5 Å². The molecule has 1 aromatic carbocycles. The second-order valence-electron chi connectivity index (χ2n) is 7.48. The Morgan fingerprint density at radius 2 is 1.90 bits per heavy atom. The highest BCUT2D eigenvalue weighted by Gasteiger charge is 2.61. The third kappa shape index (κ3) is 1.96. The van der Waals surface area contributed by atoms with Crippen molar-refractivity contribution in [2.75, 3.05) is 11.9 Å². The van der Waals surface area contributed by atoms with Gasteiger partial charge >= 0.3 is 0 Å². The van der Waals surface area contributed by atoms with E-state index in [1.807, 2.05) is 0 Å². The van der Waals surface area contributed by atoms with Crippen LogP contribution in [-0.2, 0) is 6.42 Å². The highest BCUT2D eigenvalue weighted by Crippen LogP contribution is 2.65. The van der Waals surface area contributed by atoms with E-state index in [1.54, 1.807) is 0 Å². The predicted molar refractivity (Wildman–Crippen MR) is 83.9 cm³/mol. The van der Waals surface area contributed by atoms with Gasteiger partial charge in [0.15, 0.2) is 0 Å². The van der Waals surface area contributed by atoms with Crippen LogP contribution >= 0.6 is 0 Å². The maximum Gasteiger partial charge on any atom is 0.0471 e. The molecule has 2 N–H and O–H groups in total. The first kappa shape index (κ1) is 13.9. The van der Waals surface area contributed by atoms with E-state index in [-0.39, 0.29) is 6.61 Å². The van der Waals surface area contributed by atoms with Gasteiger partial charge in [-0.05, 0) is 60.1 Å². The zero-order chi connectivity index (χ0) is 14.4. The van der Waals surface area contributed by atoms with E-state index in [2.05, 4.69) is 50.4 Å². The van der Waals surface area contributed by atoms with Gasteiger partial charge in [-0.1, -0.05) is 32.9 Å². The lowest BCUT2D eigenvalue weighted by molar-refractivity contribution is 0.142. The molecular formula is C18H27NO. The molecule has 0 aliphatic heterocycles. The average Bonchev–Trinajstić information content (AvgIpc) is 2.74. The monoisotopic (exact) mass is 273 g/mol. The Morgan fingerprint density at radius 1 is 1.20 bits per heavy atom. The van der Waals surface area contributed by atoms with Crippen molar-refractivity contribution >= 4 is 5.69 Å². The first-order valence-corrected chi connectivity index (χ1v) is 7.94. The summed E-state index contributed by atoms with van der Waals surface area (Å²) in [5.74, 6) is 0.874. The van der Waals surface area contributed by atoms with Crippen LogP contribution in [0.25, 0.3) is 0 Å². The van der Waals surface area contributed by atoms with Gasteiger partial charge in [-0.2, -0.15) is 0 Å². The Kier molecular flexibility index (Phi) is 3.32. The molecule has 0 saturated heterocycles. The second-order valence-corrected chi connectivity index (χ2v) is 7.48. The minimum absolute atomic E-state index is 0.226. The highest BCUT2D eigenvalue weighted by molar-refractivity contribution is 5.46. The van der Waals surface area contributed by atoms with E-state index >= 15 is 0 Å². The molecule has 20 heavy (non-hydrogen) atoms. The normalized spacial score (nSPS) is 34.4. The standard InChI is InChI=1S/C18H27NO/c1-17(2)14-8-10-18(17,3)16(12-14)19-15-6-4-13(5-7-15)9-11-20/h4-7,14,16,19-20H,8-12H2,1-3H3. The van der Waals surface area contributed by atoms with Gasteiger partial charge < -0.3 is 10.4 Å². The van der Waals surface area contributed by atoms with E-state index in [9.17, 15) is 0 Å². The number of benzene rings is 1. The van der Waals surface area contributed by atoms with Gasteiger partial charge in [0.2, 0.25) is 0 Å². The first-order valence-electron chi connectivity index (χ1n) is 7.94. The zero-order valence-electron chi connectivity index (χ0n) is 12.9. The molecule has 2 nitrogen and oxygen atoms in total. The van der Waals surface area contributed by atoms with E-state index in [1.165, 1.54) is 30.5 Å². The Balaban J connectivity index is 1.73. The summed E-state index contributed by atoms with van der Waals surface area (Å²) in [4.78, 5) is 0. The Labute approximate surface area is 122 Å². The van der Waals surface area contributed by atoms with Crippen LogP contribution in [-0.4, -0.2) is 17.8 Å². The van der Waals surface area contributed by atoms with Gasteiger partial charge in [0.1, 0.15) is 0 Å². The summed E-state index contributed by atoms with van der Waals surface area (Å²) in [6, 6.07) is 9.17. The lowest BCUT2D eigenvalue weighted by atomic mass is 9.69. The number of rotatable bonds is 4. The van der Waals surface area contributed by atoms with Gasteiger partial charge in [-0.3, -0.25) is 0 Å². The van der Waals surface area contributed by atoms with Crippen molar-refractivity contribution in [1.29, 1.82) is 0 Å². The fraction of sp³-hybridized carbons (Fsp3) is 0.667. The van der Waals surface area contributed by atoms with Crippen molar-refractivity contribution in [3.05, 3.63) is 29.8 Å². The molecule has 2 heteroatoms. The summed E-state index contributed by atoms with van der Waals surface area (Å²) in [6.45, 7) is 7.61. The third-order valence-electron chi connectivity index (χ3n) is 6.49. The number of hydrogen-bond acceptors (Lipinski definition) is 2. The third-order valence-corrected chi connectivity index (χ3v) is 6.49. The van der Waals surface area contributed by atoms with Gasteiger partial charge in [0, 0.05) is 18.3 Å². The van der Waals surface area contributed by atoms with Crippen molar-refractivity contribution in [2.24, 2.45) is 16.7 Å². The predicted octanol–water partition coefficient (Wildman–Crippen LogP) is 3.85. The number of aliphatic hydroxyl groups is 1. The van der Waals surface area contributed by atoms with Crippen molar-refractivity contribution in [3.8, 4) is 0 Å². The van der Waals surface area contributed by atoms with Crippen LogP contribution in [0, 0.1) is 16.7 Å². The molecule has 2 aliphatic rings. The number of anilines is 1. The van der Waals surface area contributed by atoms with Crippen LogP contribution in [0.4, 0.5) is 5.69 Å². The second kappa shape index (κ2) is 4.77. The summed E-state index contributed by atoms with van der Waals surface area (Å²) in [7, 11) is 0. The fourth-order valence-electron chi connectivity index (χ4n) is 4.52. The number of aliphatic hydroxyl groups excluding tert-OH is 1. The molecule has 0 amide bonds. The SMILES string of the molecule is CC1(C)C2CCC1(C)C(Nc1ccc(CCO)cc1)C2. The molecule has 3 rings (SSSR count). The van der Waals surface area contributed by atoms with Gasteiger partial charge in [0.05, 0.1) is 0 Å². The molecule has 0 spiro atoms. The van der Waals surface area contributed by atoms with E-state index in [0.29, 0.717) is 16.9 Å². The average molecular weight is 273 g/mol. The lowest BCUT2D eigenvalue weighted by Gasteiger charge is -2.40. The van der Waals surface area contributed by atoms with E-state index < -0.39 is 0 Å². The molecule has 2 saturated carbocycles. The molecule has 110 valence electrons. The van der Waals surface area contributed by atoms with Crippen LogP contribution in [0.2, 0.25) is 0 Å². The summed E-state index contributed by atoms with van der Waals surface area (Å²) >= 11 is 0. The van der Waals surface area contributed by atoms with Crippen LogP contribution in [0.15, 0.2) is 24.3 Å². The minimum atomic E-state index is 0.226. The molecule has 0 aromatic heterocycles. The molecule has 2 fully saturated rings. The topological polar surface area (TPSA) is 32.3 Å². The Bertz CT molecular complexity index is 479. The number of nitrogens with one attached hydrogen (secondary N) is 1. The largest absolute Gasteiger partial charge is 0.396 e. The van der Waals surface area contributed by atoms with Crippen LogP contribution in [0.5, 0.6) is 0 Å². The molecule has 3 atom stereocenters. The van der Waals surface area contributed by atoms with E-state index in [0.717, 1.165) is 12.3 Å². The summed E-state index contributed by atoms with van der Waals surface area (Å²) in [5.41, 5.74) is 3.31. The number of hydrogen-bond donors (Lipinski definition) is 2. The van der Waals surface area contributed by atoms with Crippen LogP contribution in [0.1, 0.15) is 45.6 Å². The summed E-state index contributed by atoms with van der Waals surface area (Å²) in [6.07, 6.45) is 4.81. The quantitative estimate of drug-likeness (QED) is 0.873. The minimum Gasteiger partial charge on any atom is -0.396 e. The zero-order valence-corrected chi connectivity index (χ0v) is 12.9. The molecule has 0 radical (unpaired) electrons. The molecule has 0 heterocycles. The molecule has 2 bridgehead atoms. The van der Waals surface area contributed by atoms with Gasteiger partial charge in [0.25, 0.3) is 0 Å².